The average Bonchev–Trinajstić information content (AvgIpc) is 3.51. The molecule has 0 bridgehead atoms. The van der Waals surface area contributed by atoms with Crippen LogP contribution < -0.4 is 10.6 Å². The van der Waals surface area contributed by atoms with Crippen LogP contribution >= 0.6 is 69.6 Å². The fraction of sp³-hybridized carbons (Fsp3) is 0.667. The lowest BCUT2D eigenvalue weighted by Crippen LogP contribution is -2.26. The van der Waals surface area contributed by atoms with Gasteiger partial charge in [-0.05, 0) is 12.8 Å². The number of alkyl halides is 6. The van der Waals surface area contributed by atoms with E-state index in [-0.39, 0.29) is 23.6 Å². The van der Waals surface area contributed by atoms with Crippen LogP contribution in [0.5, 0.6) is 0 Å². The SMILES string of the molecule is O=C(NCCCOCCOCCOCCCNC(=O)c1nnc(C(Cl)(Cl)Cl)o1)c1nnc(C(Cl)(Cl)Cl)o1. The van der Waals surface area contributed by atoms with E-state index < -0.39 is 19.4 Å². The maximum atomic E-state index is 11.9. The van der Waals surface area contributed by atoms with Gasteiger partial charge in [-0.2, -0.15) is 0 Å². The van der Waals surface area contributed by atoms with Crippen LogP contribution in [-0.2, 0) is 21.8 Å². The van der Waals surface area contributed by atoms with Gasteiger partial charge in [0.25, 0.3) is 19.4 Å². The Hall–Kier alpha value is -1.16. The normalized spacial score (nSPS) is 12.1. The van der Waals surface area contributed by atoms with Crippen molar-refractivity contribution >= 4 is 81.4 Å². The van der Waals surface area contributed by atoms with E-state index in [1.165, 1.54) is 0 Å². The predicted molar refractivity (Wildman–Crippen MR) is 133 cm³/mol. The second-order valence-electron chi connectivity index (χ2n) is 6.88. The summed E-state index contributed by atoms with van der Waals surface area (Å²) >= 11 is 33.6. The Balaban J connectivity index is 1.37. The molecule has 0 aliphatic rings. The number of halogens is 6. The van der Waals surface area contributed by atoms with Crippen LogP contribution in [0.4, 0.5) is 0 Å². The number of hydrogen-bond acceptors (Lipinski definition) is 11. The third kappa shape index (κ3) is 12.5. The van der Waals surface area contributed by atoms with Crippen molar-refractivity contribution in [3.8, 4) is 0 Å². The zero-order valence-electron chi connectivity index (χ0n) is 19.0. The van der Waals surface area contributed by atoms with Gasteiger partial charge in [0.05, 0.1) is 26.4 Å². The molecule has 2 heterocycles. The van der Waals surface area contributed by atoms with Crippen molar-refractivity contribution in [2.24, 2.45) is 0 Å². The Kier molecular flexibility index (Phi) is 13.9. The molecular weight excluding hydrogens is 625 g/mol. The molecule has 0 aliphatic carbocycles. The van der Waals surface area contributed by atoms with Crippen LogP contribution in [0.25, 0.3) is 0 Å². The molecule has 0 unspecified atom stereocenters. The quantitative estimate of drug-likeness (QED) is 0.203. The Labute approximate surface area is 241 Å². The van der Waals surface area contributed by atoms with Gasteiger partial charge in [-0.15, -0.1) is 20.4 Å². The second-order valence-corrected chi connectivity index (χ2v) is 11.4. The highest BCUT2D eigenvalue weighted by atomic mass is 35.6. The largest absolute Gasteiger partial charge is 0.412 e. The number of nitrogens with zero attached hydrogens (tertiary/aromatic N) is 4. The van der Waals surface area contributed by atoms with Crippen LogP contribution in [0.1, 0.15) is 46.0 Å². The van der Waals surface area contributed by atoms with Crippen molar-refractivity contribution in [3.05, 3.63) is 23.6 Å². The van der Waals surface area contributed by atoms with E-state index in [2.05, 4.69) is 31.0 Å². The zero-order chi connectivity index (χ0) is 27.3. The molecule has 0 fully saturated rings. The van der Waals surface area contributed by atoms with Gasteiger partial charge in [-0.25, -0.2) is 0 Å². The van der Waals surface area contributed by atoms with Gasteiger partial charge in [0.15, 0.2) is 0 Å². The van der Waals surface area contributed by atoms with Crippen molar-refractivity contribution in [2.45, 2.75) is 20.4 Å². The van der Waals surface area contributed by atoms with Gasteiger partial charge in [0.1, 0.15) is 0 Å². The zero-order valence-corrected chi connectivity index (χ0v) is 23.5. The Morgan fingerprint density at radius 2 is 0.973 bits per heavy atom. The van der Waals surface area contributed by atoms with E-state index in [0.29, 0.717) is 65.6 Å². The molecule has 0 spiro atoms. The van der Waals surface area contributed by atoms with E-state index in [1.54, 1.807) is 0 Å². The molecule has 208 valence electrons. The summed E-state index contributed by atoms with van der Waals surface area (Å²) in [6, 6.07) is 0. The molecule has 0 atom stereocenters. The fourth-order valence-corrected chi connectivity index (χ4v) is 2.76. The molecule has 2 rings (SSSR count). The molecule has 2 N–H and O–H groups in total. The molecule has 0 radical (unpaired) electrons. The maximum absolute atomic E-state index is 11.9. The van der Waals surface area contributed by atoms with Crippen molar-refractivity contribution in [2.75, 3.05) is 52.7 Å². The summed E-state index contributed by atoms with van der Waals surface area (Å²) in [5.74, 6) is -2.35. The van der Waals surface area contributed by atoms with E-state index in [1.807, 2.05) is 0 Å². The third-order valence-corrected chi connectivity index (χ3v) is 4.94. The number of carbonyl (C=O) groups excluding carboxylic acids is 2. The Morgan fingerprint density at radius 3 is 1.30 bits per heavy atom. The van der Waals surface area contributed by atoms with Gasteiger partial charge in [-0.3, -0.25) is 9.59 Å². The molecule has 2 amide bonds. The van der Waals surface area contributed by atoms with Crippen LogP contribution in [0.2, 0.25) is 0 Å². The molecule has 2 aromatic rings. The number of hydrogen-bond donors (Lipinski definition) is 2. The van der Waals surface area contributed by atoms with E-state index in [0.717, 1.165) is 0 Å². The lowest BCUT2D eigenvalue weighted by molar-refractivity contribution is 0.0138. The van der Waals surface area contributed by atoms with Gasteiger partial charge in [0.2, 0.25) is 0 Å². The molecule has 37 heavy (non-hydrogen) atoms. The van der Waals surface area contributed by atoms with Gasteiger partial charge >= 0.3 is 23.6 Å². The number of aromatic nitrogens is 4. The van der Waals surface area contributed by atoms with Crippen molar-refractivity contribution < 1.29 is 32.6 Å². The summed E-state index contributed by atoms with van der Waals surface area (Å²) in [5.41, 5.74) is 0. The van der Waals surface area contributed by atoms with Crippen molar-refractivity contribution in [1.82, 2.24) is 31.0 Å². The maximum Gasteiger partial charge on any atom is 0.308 e. The van der Waals surface area contributed by atoms with Crippen molar-refractivity contribution in [3.63, 3.8) is 0 Å². The summed E-state index contributed by atoms with van der Waals surface area (Å²) in [7, 11) is 0. The topological polar surface area (TPSA) is 164 Å². The summed E-state index contributed by atoms with van der Waals surface area (Å²) in [5, 5.41) is 19.2. The number of nitrogens with one attached hydrogen (secondary N) is 2. The highest BCUT2D eigenvalue weighted by molar-refractivity contribution is 6.66. The highest BCUT2D eigenvalue weighted by Crippen LogP contribution is 2.37. The highest BCUT2D eigenvalue weighted by Gasteiger charge is 2.32. The van der Waals surface area contributed by atoms with Crippen molar-refractivity contribution in [1.29, 1.82) is 0 Å². The molecule has 2 aromatic heterocycles. The molecule has 0 saturated heterocycles. The number of carbonyl (C=O) groups is 2. The lowest BCUT2D eigenvalue weighted by Gasteiger charge is -2.07. The fourth-order valence-electron chi connectivity index (χ4n) is 2.30. The van der Waals surface area contributed by atoms with Crippen LogP contribution in [0.15, 0.2) is 8.83 Å². The molecule has 0 aromatic carbocycles. The monoisotopic (exact) mass is 644 g/mol. The first-order chi connectivity index (χ1) is 17.5. The predicted octanol–water partition coefficient (Wildman–Crippen LogP) is 3.10. The molecule has 19 heteroatoms. The standard InChI is InChI=1S/C18H22Cl6N6O7/c19-17(20,21)15-29-27-13(36-15)11(31)25-3-1-5-33-7-9-35-10-8-34-6-2-4-26-12(32)14-28-30-16(37-14)18(22,23)24/h1-10H2,(H,25,31)(H,26,32). The Morgan fingerprint density at radius 1 is 0.622 bits per heavy atom. The van der Waals surface area contributed by atoms with E-state index in [9.17, 15) is 9.59 Å². The smallest absolute Gasteiger partial charge is 0.308 e. The number of rotatable bonds is 16. The molecular formula is C18H22Cl6N6O7. The minimum atomic E-state index is -1.90. The second kappa shape index (κ2) is 16.1. The Bertz CT molecular complexity index is 905. The first-order valence-corrected chi connectivity index (χ1v) is 12.9. The van der Waals surface area contributed by atoms with Gasteiger partial charge in [0, 0.05) is 26.3 Å². The van der Waals surface area contributed by atoms with Gasteiger partial charge < -0.3 is 33.7 Å². The first-order valence-electron chi connectivity index (χ1n) is 10.6. The summed E-state index contributed by atoms with van der Waals surface area (Å²) < 4.78 is 22.4. The summed E-state index contributed by atoms with van der Waals surface area (Å²) in [6.45, 7) is 2.99. The number of amides is 2. The minimum Gasteiger partial charge on any atom is -0.412 e. The van der Waals surface area contributed by atoms with Crippen LogP contribution in [0.3, 0.4) is 0 Å². The first kappa shape index (κ1) is 32.1. The average molecular weight is 647 g/mol. The molecule has 0 aliphatic heterocycles. The summed E-state index contributed by atoms with van der Waals surface area (Å²) in [6.07, 6.45) is 1.11. The van der Waals surface area contributed by atoms with E-state index in [4.69, 9.17) is 92.7 Å². The van der Waals surface area contributed by atoms with E-state index >= 15 is 0 Å². The minimum absolute atomic E-state index is 0.291. The summed E-state index contributed by atoms with van der Waals surface area (Å²) in [4.78, 5) is 23.7. The molecule has 0 saturated carbocycles. The van der Waals surface area contributed by atoms with Gasteiger partial charge in [-0.1, -0.05) is 69.6 Å². The van der Waals surface area contributed by atoms with Crippen LogP contribution in [0, 0.1) is 0 Å². The number of ether oxygens (including phenoxy) is 3. The third-order valence-electron chi connectivity index (χ3n) is 3.97. The lowest BCUT2D eigenvalue weighted by atomic mass is 10.4. The molecule has 13 nitrogen and oxygen atoms in total. The van der Waals surface area contributed by atoms with Crippen LogP contribution in [-0.4, -0.2) is 84.9 Å².